The zero-order valence-corrected chi connectivity index (χ0v) is 10.1. The zero-order valence-electron chi connectivity index (χ0n) is 10.1. The topological polar surface area (TPSA) is 70.9 Å². The number of fused-ring (bicyclic) bond motifs is 1. The lowest BCUT2D eigenvalue weighted by molar-refractivity contribution is -0.119. The third kappa shape index (κ3) is 2.31. The summed E-state index contributed by atoms with van der Waals surface area (Å²) in [4.78, 5) is 14.4. The van der Waals surface area contributed by atoms with Crippen molar-refractivity contribution >= 4 is 16.8 Å². The van der Waals surface area contributed by atoms with E-state index in [9.17, 15) is 4.79 Å². The average Bonchev–Trinajstić information content (AvgIpc) is 2.62. The fraction of sp³-hybridized carbons (Fsp3) is 0.308. The molecule has 0 aliphatic carbocycles. The van der Waals surface area contributed by atoms with Gasteiger partial charge in [0.2, 0.25) is 5.91 Å². The first-order valence-corrected chi connectivity index (χ1v) is 5.66. The number of aromatic amines is 1. The van der Waals surface area contributed by atoms with Gasteiger partial charge in [0.25, 0.3) is 0 Å². The lowest BCUT2D eigenvalue weighted by Crippen LogP contribution is -2.29. The monoisotopic (exact) mass is 231 g/mol. The minimum atomic E-state index is -0.132. The molecular formula is C13H17N3O. The van der Waals surface area contributed by atoms with Gasteiger partial charge in [-0.3, -0.25) is 4.79 Å². The van der Waals surface area contributed by atoms with E-state index < -0.39 is 0 Å². The molecule has 90 valence electrons. The summed E-state index contributed by atoms with van der Waals surface area (Å²) in [6.07, 6.45) is 0. The minimum absolute atomic E-state index is 0.0323. The van der Waals surface area contributed by atoms with E-state index in [4.69, 9.17) is 5.73 Å². The second kappa shape index (κ2) is 4.59. The molecule has 0 atom stereocenters. The Kier molecular flexibility index (Phi) is 3.15. The summed E-state index contributed by atoms with van der Waals surface area (Å²) in [5.41, 5.74) is 9.89. The fourth-order valence-corrected chi connectivity index (χ4v) is 1.89. The summed E-state index contributed by atoms with van der Waals surface area (Å²) >= 11 is 0. The molecule has 0 spiro atoms. The Labute approximate surface area is 100 Å². The highest BCUT2D eigenvalue weighted by atomic mass is 16.1. The quantitative estimate of drug-likeness (QED) is 0.746. The summed E-state index contributed by atoms with van der Waals surface area (Å²) in [7, 11) is 0. The first kappa shape index (κ1) is 11.7. The summed E-state index contributed by atoms with van der Waals surface area (Å²) < 4.78 is 0. The second-order valence-corrected chi connectivity index (χ2v) is 4.24. The van der Waals surface area contributed by atoms with Gasteiger partial charge in [0.1, 0.15) is 0 Å². The molecule has 0 aliphatic heterocycles. The summed E-state index contributed by atoms with van der Waals surface area (Å²) in [6.45, 7) is 4.71. The molecule has 0 bridgehead atoms. The number of benzene rings is 1. The summed E-state index contributed by atoms with van der Waals surface area (Å²) in [5, 5.41) is 3.98. The molecule has 1 heterocycles. The Morgan fingerprint density at radius 2 is 2.18 bits per heavy atom. The third-order valence-corrected chi connectivity index (χ3v) is 3.05. The van der Waals surface area contributed by atoms with Crippen molar-refractivity contribution in [1.29, 1.82) is 0 Å². The number of nitrogens with two attached hydrogens (primary N) is 1. The fourth-order valence-electron chi connectivity index (χ4n) is 1.89. The van der Waals surface area contributed by atoms with Crippen LogP contribution in [0.5, 0.6) is 0 Å². The van der Waals surface area contributed by atoms with Gasteiger partial charge in [-0.25, -0.2) is 0 Å². The van der Waals surface area contributed by atoms with Crippen LogP contribution in [0.15, 0.2) is 18.2 Å². The van der Waals surface area contributed by atoms with Crippen molar-refractivity contribution in [1.82, 2.24) is 10.3 Å². The molecule has 0 aliphatic rings. The van der Waals surface area contributed by atoms with Gasteiger partial charge in [0, 0.05) is 23.1 Å². The first-order valence-electron chi connectivity index (χ1n) is 5.66. The number of hydrogen-bond acceptors (Lipinski definition) is 2. The highest BCUT2D eigenvalue weighted by Crippen LogP contribution is 2.22. The van der Waals surface area contributed by atoms with Crippen molar-refractivity contribution in [3.63, 3.8) is 0 Å². The van der Waals surface area contributed by atoms with Gasteiger partial charge in [-0.05, 0) is 37.1 Å². The van der Waals surface area contributed by atoms with E-state index >= 15 is 0 Å². The van der Waals surface area contributed by atoms with Crippen LogP contribution in [0.3, 0.4) is 0 Å². The molecule has 1 amide bonds. The smallest absolute Gasteiger partial charge is 0.234 e. The van der Waals surface area contributed by atoms with E-state index in [0.717, 1.165) is 11.1 Å². The van der Waals surface area contributed by atoms with Crippen LogP contribution in [-0.2, 0) is 11.3 Å². The Hall–Kier alpha value is -1.81. The maximum Gasteiger partial charge on any atom is 0.234 e. The van der Waals surface area contributed by atoms with Crippen molar-refractivity contribution in [2.75, 3.05) is 6.54 Å². The Balaban J connectivity index is 2.25. The van der Waals surface area contributed by atoms with E-state index in [1.165, 1.54) is 16.6 Å². The summed E-state index contributed by atoms with van der Waals surface area (Å²) in [6, 6.07) is 6.15. The van der Waals surface area contributed by atoms with Gasteiger partial charge in [-0.2, -0.15) is 0 Å². The maximum atomic E-state index is 11.1. The molecule has 0 saturated heterocycles. The molecule has 2 aromatic rings. The normalized spacial score (nSPS) is 10.8. The van der Waals surface area contributed by atoms with Crippen LogP contribution in [0.4, 0.5) is 0 Å². The molecular weight excluding hydrogens is 214 g/mol. The number of hydrogen-bond donors (Lipinski definition) is 3. The third-order valence-electron chi connectivity index (χ3n) is 3.05. The predicted octanol–water partition coefficient (Wildman–Crippen LogP) is 1.36. The largest absolute Gasteiger partial charge is 0.358 e. The average molecular weight is 231 g/mol. The van der Waals surface area contributed by atoms with Gasteiger partial charge in [-0.1, -0.05) is 6.07 Å². The van der Waals surface area contributed by atoms with E-state index in [-0.39, 0.29) is 12.5 Å². The molecule has 4 nitrogen and oxygen atoms in total. The molecule has 4 N–H and O–H groups in total. The standard InChI is InChI=1S/C13H17N3O/c1-8-9(2)16-12-4-3-10(5-11(8)12)7-15-13(17)6-14/h3-5,16H,6-7,14H2,1-2H3,(H,15,17). The maximum absolute atomic E-state index is 11.1. The molecule has 1 aromatic heterocycles. The predicted molar refractivity (Wildman–Crippen MR) is 68.7 cm³/mol. The Morgan fingerprint density at radius 1 is 1.41 bits per heavy atom. The van der Waals surface area contributed by atoms with Gasteiger partial charge in [0.05, 0.1) is 6.54 Å². The van der Waals surface area contributed by atoms with Crippen molar-refractivity contribution in [3.05, 3.63) is 35.0 Å². The summed E-state index contributed by atoms with van der Waals surface area (Å²) in [5.74, 6) is -0.132. The van der Waals surface area contributed by atoms with E-state index in [1.807, 2.05) is 12.1 Å². The van der Waals surface area contributed by atoms with Gasteiger partial charge in [-0.15, -0.1) is 0 Å². The van der Waals surface area contributed by atoms with Crippen LogP contribution in [0, 0.1) is 13.8 Å². The molecule has 2 rings (SSSR count). The number of rotatable bonds is 3. The number of carbonyl (C=O) groups is 1. The van der Waals surface area contributed by atoms with Gasteiger partial charge in [0.15, 0.2) is 0 Å². The van der Waals surface area contributed by atoms with Crippen LogP contribution < -0.4 is 11.1 Å². The molecule has 0 radical (unpaired) electrons. The van der Waals surface area contributed by atoms with E-state index in [2.05, 4.69) is 30.2 Å². The van der Waals surface area contributed by atoms with E-state index in [0.29, 0.717) is 6.54 Å². The number of nitrogens with one attached hydrogen (secondary N) is 2. The highest BCUT2D eigenvalue weighted by Gasteiger charge is 2.05. The Morgan fingerprint density at radius 3 is 2.88 bits per heavy atom. The van der Waals surface area contributed by atoms with Crippen molar-refractivity contribution in [2.24, 2.45) is 5.73 Å². The highest BCUT2D eigenvalue weighted by molar-refractivity contribution is 5.85. The number of aromatic nitrogens is 1. The van der Waals surface area contributed by atoms with Crippen LogP contribution in [0.2, 0.25) is 0 Å². The number of amides is 1. The first-order chi connectivity index (χ1) is 8.11. The van der Waals surface area contributed by atoms with Gasteiger partial charge >= 0.3 is 0 Å². The van der Waals surface area contributed by atoms with Crippen LogP contribution in [-0.4, -0.2) is 17.4 Å². The van der Waals surface area contributed by atoms with Crippen LogP contribution in [0.1, 0.15) is 16.8 Å². The van der Waals surface area contributed by atoms with Crippen molar-refractivity contribution in [2.45, 2.75) is 20.4 Å². The van der Waals surface area contributed by atoms with Crippen LogP contribution >= 0.6 is 0 Å². The lowest BCUT2D eigenvalue weighted by atomic mass is 10.1. The molecule has 17 heavy (non-hydrogen) atoms. The molecule has 0 saturated carbocycles. The van der Waals surface area contributed by atoms with Gasteiger partial charge < -0.3 is 16.0 Å². The Bertz CT molecular complexity index is 557. The molecule has 4 heteroatoms. The van der Waals surface area contributed by atoms with Crippen LogP contribution in [0.25, 0.3) is 10.9 Å². The van der Waals surface area contributed by atoms with Crippen molar-refractivity contribution in [3.8, 4) is 0 Å². The molecule has 1 aromatic carbocycles. The SMILES string of the molecule is Cc1[nH]c2ccc(CNC(=O)CN)cc2c1C. The zero-order chi connectivity index (χ0) is 12.4. The number of carbonyl (C=O) groups excluding carboxylic acids is 1. The molecule has 0 unspecified atom stereocenters. The number of H-pyrrole nitrogens is 1. The van der Waals surface area contributed by atoms with E-state index in [1.54, 1.807) is 0 Å². The lowest BCUT2D eigenvalue weighted by Gasteiger charge is -2.04. The number of aryl methyl sites for hydroxylation is 2. The second-order valence-electron chi connectivity index (χ2n) is 4.24. The minimum Gasteiger partial charge on any atom is -0.358 e. The molecule has 0 fully saturated rings. The van der Waals surface area contributed by atoms with Crippen molar-refractivity contribution < 1.29 is 4.79 Å².